The molecule has 0 radical (unpaired) electrons. The number of benzene rings is 2. The van der Waals surface area contributed by atoms with E-state index in [1.54, 1.807) is 24.4 Å². The molecule has 10 nitrogen and oxygen atoms in total. The van der Waals surface area contributed by atoms with Crippen molar-refractivity contribution in [2.75, 3.05) is 26.1 Å². The van der Waals surface area contributed by atoms with E-state index in [2.05, 4.69) is 15.3 Å². The van der Waals surface area contributed by atoms with Gasteiger partial charge in [0, 0.05) is 24.4 Å². The third-order valence-corrected chi connectivity index (χ3v) is 7.80. The number of aromatic amines is 1. The molecule has 3 aromatic rings. The van der Waals surface area contributed by atoms with Gasteiger partial charge in [0.05, 0.1) is 49.8 Å². The lowest BCUT2D eigenvalue weighted by atomic mass is 9.97. The molecule has 0 spiro atoms. The van der Waals surface area contributed by atoms with Crippen LogP contribution in [0.2, 0.25) is 0 Å². The van der Waals surface area contributed by atoms with Gasteiger partial charge in [-0.05, 0) is 36.6 Å². The van der Waals surface area contributed by atoms with E-state index >= 15 is 0 Å². The molecule has 3 heterocycles. The molecular formula is C30H32F2N4O6. The highest BCUT2D eigenvalue weighted by Crippen LogP contribution is 2.38. The first-order chi connectivity index (χ1) is 20.2. The lowest BCUT2D eigenvalue weighted by Crippen LogP contribution is -2.42. The Morgan fingerprint density at radius 1 is 1.14 bits per heavy atom. The maximum atomic E-state index is 14.9. The summed E-state index contributed by atoms with van der Waals surface area (Å²) in [5.41, 5.74) is 2.11. The van der Waals surface area contributed by atoms with Crippen molar-refractivity contribution in [3.63, 3.8) is 0 Å². The fraction of sp³-hybridized carbons (Fsp3) is 0.400. The van der Waals surface area contributed by atoms with Crippen LogP contribution in [0.15, 0.2) is 36.5 Å². The SMILES string of the molecule is COC(=O)Cc1ccc2c(c1)NC(=O)[C@H](C)CCC[C@H](N1CCC(c3c(F)ccc(OC)c3F)OC1=O)c1ncc-2[nH]1. The molecule has 0 saturated carbocycles. The number of nitrogens with one attached hydrogen (secondary N) is 2. The summed E-state index contributed by atoms with van der Waals surface area (Å²) in [5.74, 6) is -2.24. The molecule has 222 valence electrons. The van der Waals surface area contributed by atoms with E-state index in [0.717, 1.165) is 6.07 Å². The zero-order valence-electron chi connectivity index (χ0n) is 23.5. The first kappa shape index (κ1) is 29.0. The lowest BCUT2D eigenvalue weighted by Gasteiger charge is -2.36. The van der Waals surface area contributed by atoms with Crippen molar-refractivity contribution in [3.8, 4) is 17.0 Å². The van der Waals surface area contributed by atoms with E-state index in [0.29, 0.717) is 47.6 Å². The summed E-state index contributed by atoms with van der Waals surface area (Å²) in [5, 5.41) is 2.98. The second kappa shape index (κ2) is 12.2. The summed E-state index contributed by atoms with van der Waals surface area (Å²) in [6.45, 7) is 2.00. The van der Waals surface area contributed by atoms with Crippen LogP contribution in [-0.4, -0.2) is 53.6 Å². The first-order valence-corrected chi connectivity index (χ1v) is 13.7. The number of esters is 1. The number of carbonyl (C=O) groups excluding carboxylic acids is 3. The summed E-state index contributed by atoms with van der Waals surface area (Å²) in [6.07, 6.45) is 1.60. The molecule has 2 aromatic carbocycles. The predicted octanol–water partition coefficient (Wildman–Crippen LogP) is 5.46. The van der Waals surface area contributed by atoms with Gasteiger partial charge in [0.25, 0.3) is 0 Å². The second-order valence-electron chi connectivity index (χ2n) is 10.5. The second-order valence-corrected chi connectivity index (χ2v) is 10.5. The van der Waals surface area contributed by atoms with Gasteiger partial charge in [-0.2, -0.15) is 0 Å². The molecule has 1 fully saturated rings. The van der Waals surface area contributed by atoms with Gasteiger partial charge in [-0.3, -0.25) is 14.5 Å². The van der Waals surface area contributed by atoms with Crippen molar-refractivity contribution in [1.29, 1.82) is 0 Å². The number of rotatable bonds is 5. The normalized spacial score (nSPS) is 20.9. The third kappa shape index (κ3) is 5.79. The molecule has 1 saturated heterocycles. The Kier molecular flexibility index (Phi) is 8.41. The summed E-state index contributed by atoms with van der Waals surface area (Å²) in [6, 6.07) is 7.04. The van der Waals surface area contributed by atoms with Gasteiger partial charge in [-0.25, -0.2) is 18.6 Å². The van der Waals surface area contributed by atoms with Crippen molar-refractivity contribution in [2.45, 2.75) is 51.2 Å². The number of ether oxygens (including phenoxy) is 3. The van der Waals surface area contributed by atoms with E-state index in [9.17, 15) is 23.2 Å². The molecule has 3 atom stereocenters. The van der Waals surface area contributed by atoms with Crippen molar-refractivity contribution in [3.05, 3.63) is 65.1 Å². The molecule has 12 heteroatoms. The zero-order valence-corrected chi connectivity index (χ0v) is 23.5. The minimum Gasteiger partial charge on any atom is -0.494 e. The maximum Gasteiger partial charge on any atom is 0.411 e. The van der Waals surface area contributed by atoms with Gasteiger partial charge in [0.2, 0.25) is 5.91 Å². The Balaban J connectivity index is 1.44. The quantitative estimate of drug-likeness (QED) is 0.383. The van der Waals surface area contributed by atoms with Crippen LogP contribution in [0.1, 0.15) is 61.7 Å². The van der Waals surface area contributed by atoms with Crippen LogP contribution >= 0.6 is 0 Å². The van der Waals surface area contributed by atoms with Crippen LogP contribution < -0.4 is 10.1 Å². The fourth-order valence-corrected chi connectivity index (χ4v) is 5.45. The Morgan fingerprint density at radius 2 is 1.95 bits per heavy atom. The van der Waals surface area contributed by atoms with Crippen molar-refractivity contribution in [2.24, 2.45) is 5.92 Å². The number of fused-ring (bicyclic) bond motifs is 4. The van der Waals surface area contributed by atoms with Gasteiger partial charge in [-0.15, -0.1) is 0 Å². The largest absolute Gasteiger partial charge is 0.494 e. The van der Waals surface area contributed by atoms with Crippen molar-refractivity contribution in [1.82, 2.24) is 14.9 Å². The number of cyclic esters (lactones) is 1. The number of nitrogens with zero attached hydrogens (tertiary/aromatic N) is 2. The highest BCUT2D eigenvalue weighted by molar-refractivity contribution is 5.96. The van der Waals surface area contributed by atoms with E-state index in [4.69, 9.17) is 14.2 Å². The molecule has 2 bridgehead atoms. The molecule has 2 N–H and O–H groups in total. The molecule has 1 aromatic heterocycles. The number of H-pyrrole nitrogens is 1. The number of imidazole rings is 1. The summed E-state index contributed by atoms with van der Waals surface area (Å²) >= 11 is 0. The third-order valence-electron chi connectivity index (χ3n) is 7.80. The van der Waals surface area contributed by atoms with Crippen LogP contribution in [0.25, 0.3) is 11.3 Å². The van der Waals surface area contributed by atoms with Crippen LogP contribution in [0.4, 0.5) is 19.3 Å². The summed E-state index contributed by atoms with van der Waals surface area (Å²) < 4.78 is 44.8. The summed E-state index contributed by atoms with van der Waals surface area (Å²) in [4.78, 5) is 47.6. The van der Waals surface area contributed by atoms with Gasteiger partial charge >= 0.3 is 12.1 Å². The number of amides is 2. The molecule has 2 amide bonds. The highest BCUT2D eigenvalue weighted by Gasteiger charge is 2.37. The number of methoxy groups -OCH3 is 2. The van der Waals surface area contributed by atoms with E-state index in [-0.39, 0.29) is 42.5 Å². The van der Waals surface area contributed by atoms with Crippen molar-refractivity contribution >= 4 is 23.7 Å². The summed E-state index contributed by atoms with van der Waals surface area (Å²) in [7, 11) is 2.59. The van der Waals surface area contributed by atoms with Gasteiger partial charge in [0.15, 0.2) is 11.6 Å². The van der Waals surface area contributed by atoms with E-state index < -0.39 is 35.8 Å². The van der Waals surface area contributed by atoms with Crippen molar-refractivity contribution < 1.29 is 37.4 Å². The van der Waals surface area contributed by atoms with Crippen LogP contribution in [-0.2, 0) is 25.5 Å². The molecule has 1 unspecified atom stereocenters. The Morgan fingerprint density at radius 3 is 2.69 bits per heavy atom. The zero-order chi connectivity index (χ0) is 30.0. The standard InChI is InChI=1S/C30H32F2N4O6/c1-16-5-4-6-22(36-12-11-23(42-30(36)39)26-19(31)9-10-24(40-2)27(26)32)28-33-15-21(34-28)18-8-7-17(14-25(37)41-3)13-20(18)35-29(16)38/h7-10,13,15-16,22-23H,4-6,11-12,14H2,1-3H3,(H,33,34)(H,35,38)/t16-,22+,23?/m1/s1. The first-order valence-electron chi connectivity index (χ1n) is 13.7. The number of carbonyl (C=O) groups is 3. The average Bonchev–Trinajstić information content (AvgIpc) is 3.45. The highest BCUT2D eigenvalue weighted by atomic mass is 19.1. The molecule has 2 aliphatic heterocycles. The monoisotopic (exact) mass is 582 g/mol. The molecule has 2 aliphatic rings. The fourth-order valence-electron chi connectivity index (χ4n) is 5.45. The number of hydrogen-bond donors (Lipinski definition) is 2. The van der Waals surface area contributed by atoms with Gasteiger partial charge in [-0.1, -0.05) is 25.5 Å². The topological polar surface area (TPSA) is 123 Å². The van der Waals surface area contributed by atoms with Gasteiger partial charge in [0.1, 0.15) is 17.7 Å². The van der Waals surface area contributed by atoms with E-state index in [1.807, 2.05) is 6.92 Å². The molecular weight excluding hydrogens is 550 g/mol. The number of hydrogen-bond acceptors (Lipinski definition) is 7. The minimum atomic E-state index is -1.11. The number of aromatic nitrogens is 2. The average molecular weight is 583 g/mol. The Hall–Kier alpha value is -4.48. The Labute approximate surface area is 241 Å². The smallest absolute Gasteiger partial charge is 0.411 e. The number of halogens is 2. The molecule has 0 aliphatic carbocycles. The maximum absolute atomic E-state index is 14.9. The molecule has 42 heavy (non-hydrogen) atoms. The van der Waals surface area contributed by atoms with E-state index in [1.165, 1.54) is 25.2 Å². The Bertz CT molecular complexity index is 1510. The van der Waals surface area contributed by atoms with Crippen LogP contribution in [0, 0.1) is 17.6 Å². The number of anilines is 1. The minimum absolute atomic E-state index is 0.0487. The predicted molar refractivity (Wildman–Crippen MR) is 148 cm³/mol. The van der Waals surface area contributed by atoms with Crippen LogP contribution in [0.5, 0.6) is 5.75 Å². The lowest BCUT2D eigenvalue weighted by molar-refractivity contribution is -0.139. The van der Waals surface area contributed by atoms with Crippen LogP contribution in [0.3, 0.4) is 0 Å². The van der Waals surface area contributed by atoms with Gasteiger partial charge < -0.3 is 24.5 Å². The molecule has 5 rings (SSSR count).